The molecule has 0 aliphatic carbocycles. The molecule has 0 aromatic carbocycles. The summed E-state index contributed by atoms with van der Waals surface area (Å²) in [5, 5.41) is 3.45. The van der Waals surface area contributed by atoms with Crippen LogP contribution in [0.4, 0.5) is 5.82 Å². The van der Waals surface area contributed by atoms with Crippen LogP contribution in [-0.2, 0) is 11.2 Å². The minimum Gasteiger partial charge on any atom is -0.310 e. The van der Waals surface area contributed by atoms with Crippen LogP contribution in [0.25, 0.3) is 0 Å². The first-order valence-corrected chi connectivity index (χ1v) is 8.62. The highest BCUT2D eigenvalue weighted by Crippen LogP contribution is 2.19. The molecule has 0 unspecified atom stereocenters. The lowest BCUT2D eigenvalue weighted by Crippen LogP contribution is -2.41. The van der Waals surface area contributed by atoms with Crippen LogP contribution in [0, 0.1) is 5.92 Å². The number of halogens is 1. The monoisotopic (exact) mass is 344 g/mol. The first kappa shape index (κ1) is 16.9. The summed E-state index contributed by atoms with van der Waals surface area (Å²) in [6.07, 6.45) is 8.13. The quantitative estimate of drug-likeness (QED) is 0.905. The smallest absolute Gasteiger partial charge is 0.229 e. The van der Waals surface area contributed by atoms with Crippen LogP contribution in [0.3, 0.4) is 0 Å². The Hall–Kier alpha value is -1.98. The van der Waals surface area contributed by atoms with E-state index in [1.54, 1.807) is 18.3 Å². The number of carbonyl (C=O) groups excluding carboxylic acids is 1. The van der Waals surface area contributed by atoms with Crippen molar-refractivity contribution < 1.29 is 4.79 Å². The van der Waals surface area contributed by atoms with Crippen molar-refractivity contribution in [3.63, 3.8) is 0 Å². The van der Waals surface area contributed by atoms with Gasteiger partial charge < -0.3 is 10.2 Å². The van der Waals surface area contributed by atoms with E-state index in [0.29, 0.717) is 10.8 Å². The number of hydrogen-bond acceptors (Lipinski definition) is 4. The van der Waals surface area contributed by atoms with Crippen molar-refractivity contribution in [3.05, 3.63) is 53.4 Å². The van der Waals surface area contributed by atoms with E-state index in [-0.39, 0.29) is 11.8 Å². The molecule has 24 heavy (non-hydrogen) atoms. The molecule has 1 aliphatic heterocycles. The normalized spacial score (nSPS) is 18.3. The van der Waals surface area contributed by atoms with Crippen LogP contribution in [0.5, 0.6) is 0 Å². The third-order valence-electron chi connectivity index (χ3n) is 4.32. The second kappa shape index (κ2) is 8.22. The molecule has 6 heteroatoms. The number of nitrogens with zero attached hydrogens (tertiary/aromatic N) is 3. The van der Waals surface area contributed by atoms with Gasteiger partial charge in [0.25, 0.3) is 0 Å². The maximum Gasteiger partial charge on any atom is 0.229 e. The van der Waals surface area contributed by atoms with Gasteiger partial charge in [-0.05, 0) is 55.6 Å². The molecule has 3 rings (SSSR count). The van der Waals surface area contributed by atoms with Gasteiger partial charge in [0.15, 0.2) is 0 Å². The summed E-state index contributed by atoms with van der Waals surface area (Å²) in [4.78, 5) is 23.0. The fraction of sp³-hybridized carbons (Fsp3) is 0.389. The fourth-order valence-corrected chi connectivity index (χ4v) is 3.10. The molecule has 0 spiro atoms. The standard InChI is InChI=1S/C18H21ClN4O/c19-16-3-4-17(21-12-16)22-18(24)15-2-1-10-23(13-15)11-7-14-5-8-20-9-6-14/h3-6,8-9,12,15H,1-2,7,10-11,13H2,(H,21,22,24)/t15-/m0/s1. The van der Waals surface area contributed by atoms with Gasteiger partial charge in [0.1, 0.15) is 5.82 Å². The van der Waals surface area contributed by atoms with Crippen molar-refractivity contribution in [2.45, 2.75) is 19.3 Å². The predicted octanol–water partition coefficient (Wildman–Crippen LogP) is 3.02. The Morgan fingerprint density at radius 1 is 1.29 bits per heavy atom. The molecular formula is C18H21ClN4O. The molecule has 0 radical (unpaired) electrons. The molecule has 0 bridgehead atoms. The van der Waals surface area contributed by atoms with Gasteiger partial charge in [-0.3, -0.25) is 9.78 Å². The van der Waals surface area contributed by atoms with E-state index in [0.717, 1.165) is 38.9 Å². The van der Waals surface area contributed by atoms with Gasteiger partial charge >= 0.3 is 0 Å². The zero-order chi connectivity index (χ0) is 16.8. The lowest BCUT2D eigenvalue weighted by molar-refractivity contribution is -0.121. The molecular weight excluding hydrogens is 324 g/mol. The maximum absolute atomic E-state index is 12.5. The highest BCUT2D eigenvalue weighted by atomic mass is 35.5. The van der Waals surface area contributed by atoms with E-state index in [1.165, 1.54) is 5.56 Å². The molecule has 0 saturated carbocycles. The molecule has 1 N–H and O–H groups in total. The van der Waals surface area contributed by atoms with Crippen molar-refractivity contribution in [2.24, 2.45) is 5.92 Å². The van der Waals surface area contributed by atoms with Gasteiger partial charge in [0.05, 0.1) is 10.9 Å². The van der Waals surface area contributed by atoms with Crippen molar-refractivity contribution in [1.82, 2.24) is 14.9 Å². The number of hydrogen-bond donors (Lipinski definition) is 1. The maximum atomic E-state index is 12.5. The topological polar surface area (TPSA) is 58.1 Å². The lowest BCUT2D eigenvalue weighted by atomic mass is 9.96. The predicted molar refractivity (Wildman–Crippen MR) is 95.0 cm³/mol. The van der Waals surface area contributed by atoms with E-state index in [4.69, 9.17) is 11.6 Å². The first-order chi connectivity index (χ1) is 11.7. The number of pyridine rings is 2. The molecule has 1 fully saturated rings. The summed E-state index contributed by atoms with van der Waals surface area (Å²) in [6, 6.07) is 7.54. The molecule has 1 amide bonds. The number of nitrogens with one attached hydrogen (secondary N) is 1. The minimum atomic E-state index is 0.00803. The Bertz CT molecular complexity index is 662. The van der Waals surface area contributed by atoms with Gasteiger partial charge in [-0.25, -0.2) is 4.98 Å². The van der Waals surface area contributed by atoms with E-state index < -0.39 is 0 Å². The molecule has 3 heterocycles. The second-order valence-corrected chi connectivity index (χ2v) is 6.53. The molecule has 2 aromatic rings. The summed E-state index contributed by atoms with van der Waals surface area (Å²) < 4.78 is 0. The number of rotatable bonds is 5. The van der Waals surface area contributed by atoms with Crippen LogP contribution in [0.2, 0.25) is 5.02 Å². The minimum absolute atomic E-state index is 0.00803. The van der Waals surface area contributed by atoms with Crippen LogP contribution in [0.1, 0.15) is 18.4 Å². The summed E-state index contributed by atoms with van der Waals surface area (Å²) in [7, 11) is 0. The van der Waals surface area contributed by atoms with E-state index in [2.05, 4.69) is 20.2 Å². The Morgan fingerprint density at radius 3 is 2.88 bits per heavy atom. The molecule has 2 aromatic heterocycles. The highest BCUT2D eigenvalue weighted by molar-refractivity contribution is 6.30. The second-order valence-electron chi connectivity index (χ2n) is 6.10. The highest BCUT2D eigenvalue weighted by Gasteiger charge is 2.25. The van der Waals surface area contributed by atoms with Crippen LogP contribution in [-0.4, -0.2) is 40.4 Å². The Balaban J connectivity index is 1.51. The summed E-state index contributed by atoms with van der Waals surface area (Å²) in [5.41, 5.74) is 1.28. The van der Waals surface area contributed by atoms with Crippen molar-refractivity contribution in [1.29, 1.82) is 0 Å². The van der Waals surface area contributed by atoms with E-state index in [9.17, 15) is 4.79 Å². The van der Waals surface area contributed by atoms with Crippen molar-refractivity contribution in [2.75, 3.05) is 25.0 Å². The van der Waals surface area contributed by atoms with Gasteiger partial charge in [-0.15, -0.1) is 0 Å². The Kier molecular flexibility index (Phi) is 5.77. The van der Waals surface area contributed by atoms with E-state index in [1.807, 2.05) is 24.5 Å². The third kappa shape index (κ3) is 4.76. The average molecular weight is 345 g/mol. The zero-order valence-corrected chi connectivity index (χ0v) is 14.2. The van der Waals surface area contributed by atoms with Crippen LogP contribution < -0.4 is 5.32 Å². The summed E-state index contributed by atoms with van der Waals surface area (Å²) >= 11 is 5.82. The van der Waals surface area contributed by atoms with Gasteiger partial charge in [0, 0.05) is 31.7 Å². The molecule has 126 valence electrons. The average Bonchev–Trinajstić information content (AvgIpc) is 2.63. The fourth-order valence-electron chi connectivity index (χ4n) is 2.99. The van der Waals surface area contributed by atoms with Crippen molar-refractivity contribution in [3.8, 4) is 0 Å². The van der Waals surface area contributed by atoms with Gasteiger partial charge in [0.2, 0.25) is 5.91 Å². The van der Waals surface area contributed by atoms with Crippen molar-refractivity contribution >= 4 is 23.3 Å². The number of likely N-dealkylation sites (tertiary alicyclic amines) is 1. The van der Waals surface area contributed by atoms with Crippen LogP contribution in [0.15, 0.2) is 42.9 Å². The Labute approximate surface area is 147 Å². The number of aromatic nitrogens is 2. The first-order valence-electron chi connectivity index (χ1n) is 8.24. The van der Waals surface area contributed by atoms with Gasteiger partial charge in [-0.2, -0.15) is 0 Å². The largest absolute Gasteiger partial charge is 0.310 e. The van der Waals surface area contributed by atoms with Gasteiger partial charge in [-0.1, -0.05) is 11.6 Å². The zero-order valence-electron chi connectivity index (χ0n) is 13.5. The molecule has 1 saturated heterocycles. The number of amides is 1. The molecule has 1 atom stereocenters. The third-order valence-corrected chi connectivity index (χ3v) is 4.54. The number of carbonyl (C=O) groups is 1. The van der Waals surface area contributed by atoms with Crippen LogP contribution >= 0.6 is 11.6 Å². The molecule has 5 nitrogen and oxygen atoms in total. The molecule has 1 aliphatic rings. The lowest BCUT2D eigenvalue weighted by Gasteiger charge is -2.31. The summed E-state index contributed by atoms with van der Waals surface area (Å²) in [5.74, 6) is 0.602. The SMILES string of the molecule is O=C(Nc1ccc(Cl)cn1)[C@H]1CCCN(CCc2ccncc2)C1. The number of piperidine rings is 1. The van der Waals surface area contributed by atoms with E-state index >= 15 is 0 Å². The summed E-state index contributed by atoms with van der Waals surface area (Å²) in [6.45, 7) is 2.81. The number of anilines is 1. The Morgan fingerprint density at radius 2 is 2.12 bits per heavy atom.